The van der Waals surface area contributed by atoms with Crippen molar-refractivity contribution < 1.29 is 4.74 Å². The molecule has 0 saturated heterocycles. The lowest BCUT2D eigenvalue weighted by Crippen LogP contribution is -2.01. The van der Waals surface area contributed by atoms with Gasteiger partial charge in [-0.25, -0.2) is 4.98 Å². The Morgan fingerprint density at radius 1 is 1.10 bits per heavy atom. The smallest absolute Gasteiger partial charge is 0.188 e. The highest BCUT2D eigenvalue weighted by atomic mass is 16.5. The normalized spacial score (nSPS) is 10.4. The number of nitrogens with zero attached hydrogens (tertiary/aromatic N) is 4. The average Bonchev–Trinajstić information content (AvgIpc) is 3.01. The summed E-state index contributed by atoms with van der Waals surface area (Å²) >= 11 is 0. The van der Waals surface area contributed by atoms with E-state index in [1.54, 1.807) is 24.8 Å². The minimum Gasteiger partial charge on any atom is -0.485 e. The summed E-state index contributed by atoms with van der Waals surface area (Å²) in [6.07, 6.45) is 6.95. The molecule has 100 valence electrons. The van der Waals surface area contributed by atoms with Crippen LogP contribution in [0.5, 0.6) is 5.75 Å². The van der Waals surface area contributed by atoms with E-state index in [1.165, 1.54) is 0 Å². The fourth-order valence-corrected chi connectivity index (χ4v) is 1.79. The molecule has 0 atom stereocenters. The summed E-state index contributed by atoms with van der Waals surface area (Å²) in [5, 5.41) is 7.41. The predicted molar refractivity (Wildman–Crippen MR) is 74.3 cm³/mol. The summed E-state index contributed by atoms with van der Waals surface area (Å²) in [5.74, 6) is 0.834. The summed E-state index contributed by atoms with van der Waals surface area (Å²) in [6.45, 7) is 0.431. The standard InChI is InChI=1S/C14H13N5O/c15-14-13(5-6-17-18-14)20-9-11-1-3-12(4-2-11)19-8-7-16-10-19/h1-8,10H,9H2,(H2,15,18). The van der Waals surface area contributed by atoms with E-state index in [0.717, 1.165) is 11.3 Å². The van der Waals surface area contributed by atoms with Gasteiger partial charge in [-0.1, -0.05) is 12.1 Å². The van der Waals surface area contributed by atoms with Gasteiger partial charge < -0.3 is 15.0 Å². The van der Waals surface area contributed by atoms with Gasteiger partial charge in [0.1, 0.15) is 6.61 Å². The zero-order chi connectivity index (χ0) is 13.8. The van der Waals surface area contributed by atoms with Crippen molar-refractivity contribution in [2.75, 3.05) is 5.73 Å². The minimum atomic E-state index is 0.294. The Labute approximate surface area is 115 Å². The number of ether oxygens (including phenoxy) is 1. The first-order valence-electron chi connectivity index (χ1n) is 6.10. The highest BCUT2D eigenvalue weighted by molar-refractivity contribution is 5.43. The van der Waals surface area contributed by atoms with E-state index < -0.39 is 0 Å². The Morgan fingerprint density at radius 3 is 2.65 bits per heavy atom. The Bertz CT molecular complexity index is 679. The largest absolute Gasteiger partial charge is 0.485 e. The van der Waals surface area contributed by atoms with Gasteiger partial charge in [-0.15, -0.1) is 5.10 Å². The molecule has 6 heteroatoms. The molecule has 0 bridgehead atoms. The Morgan fingerprint density at radius 2 is 1.95 bits per heavy atom. The van der Waals surface area contributed by atoms with Crippen LogP contribution in [0.1, 0.15) is 5.56 Å². The van der Waals surface area contributed by atoms with E-state index in [4.69, 9.17) is 10.5 Å². The molecule has 0 radical (unpaired) electrons. The summed E-state index contributed by atoms with van der Waals surface area (Å²) in [4.78, 5) is 4.02. The molecule has 0 aliphatic rings. The lowest BCUT2D eigenvalue weighted by molar-refractivity contribution is 0.306. The maximum Gasteiger partial charge on any atom is 0.188 e. The van der Waals surface area contributed by atoms with Crippen molar-refractivity contribution in [2.24, 2.45) is 0 Å². The van der Waals surface area contributed by atoms with E-state index >= 15 is 0 Å². The quantitative estimate of drug-likeness (QED) is 0.780. The predicted octanol–water partition coefficient (Wildman–Crippen LogP) is 1.82. The third kappa shape index (κ3) is 2.59. The number of nitrogens with two attached hydrogens (primary N) is 1. The molecular formula is C14H13N5O. The molecule has 3 aromatic rings. The maximum atomic E-state index is 5.66. The molecular weight excluding hydrogens is 254 g/mol. The summed E-state index contributed by atoms with van der Waals surface area (Å²) in [5.41, 5.74) is 7.76. The molecule has 2 aromatic heterocycles. The minimum absolute atomic E-state index is 0.294. The maximum absolute atomic E-state index is 5.66. The van der Waals surface area contributed by atoms with Crippen molar-refractivity contribution in [3.8, 4) is 11.4 Å². The Hall–Kier alpha value is -2.89. The molecule has 2 heterocycles. The van der Waals surface area contributed by atoms with E-state index in [1.807, 2.05) is 35.0 Å². The highest BCUT2D eigenvalue weighted by Crippen LogP contribution is 2.18. The molecule has 6 nitrogen and oxygen atoms in total. The first-order valence-corrected chi connectivity index (χ1v) is 6.10. The van der Waals surface area contributed by atoms with Gasteiger partial charge in [0.25, 0.3) is 0 Å². The number of anilines is 1. The molecule has 0 saturated carbocycles. The van der Waals surface area contributed by atoms with Crippen LogP contribution in [0, 0.1) is 0 Å². The molecule has 0 aliphatic carbocycles. The van der Waals surface area contributed by atoms with Crippen molar-refractivity contribution in [3.63, 3.8) is 0 Å². The second-order valence-corrected chi connectivity index (χ2v) is 4.21. The zero-order valence-corrected chi connectivity index (χ0v) is 10.7. The average molecular weight is 267 g/mol. The zero-order valence-electron chi connectivity index (χ0n) is 10.7. The Balaban J connectivity index is 1.68. The van der Waals surface area contributed by atoms with E-state index in [9.17, 15) is 0 Å². The number of aromatic nitrogens is 4. The second-order valence-electron chi connectivity index (χ2n) is 4.21. The number of hydrogen-bond donors (Lipinski definition) is 1. The van der Waals surface area contributed by atoms with E-state index in [-0.39, 0.29) is 0 Å². The van der Waals surface area contributed by atoms with Gasteiger partial charge >= 0.3 is 0 Å². The van der Waals surface area contributed by atoms with Gasteiger partial charge in [-0.2, -0.15) is 5.10 Å². The molecule has 1 aromatic carbocycles. The van der Waals surface area contributed by atoms with Gasteiger partial charge in [0.15, 0.2) is 11.6 Å². The topological polar surface area (TPSA) is 78.9 Å². The van der Waals surface area contributed by atoms with Crippen LogP contribution in [0.4, 0.5) is 5.82 Å². The fraction of sp³-hybridized carbons (Fsp3) is 0.0714. The molecule has 2 N–H and O–H groups in total. The number of imidazole rings is 1. The van der Waals surface area contributed by atoms with Crippen molar-refractivity contribution in [1.82, 2.24) is 19.7 Å². The van der Waals surface area contributed by atoms with Gasteiger partial charge in [0.2, 0.25) is 0 Å². The van der Waals surface area contributed by atoms with E-state index in [2.05, 4.69) is 15.2 Å². The first kappa shape index (κ1) is 12.2. The van der Waals surface area contributed by atoms with Crippen LogP contribution in [0.15, 0.2) is 55.2 Å². The lowest BCUT2D eigenvalue weighted by Gasteiger charge is -2.08. The van der Waals surface area contributed by atoms with Gasteiger partial charge in [-0.3, -0.25) is 0 Å². The van der Waals surface area contributed by atoms with Crippen LogP contribution in [0.25, 0.3) is 5.69 Å². The number of rotatable bonds is 4. The van der Waals surface area contributed by atoms with Crippen molar-refractivity contribution in [3.05, 3.63) is 60.8 Å². The van der Waals surface area contributed by atoms with Gasteiger partial charge in [-0.05, 0) is 17.7 Å². The summed E-state index contributed by atoms with van der Waals surface area (Å²) in [7, 11) is 0. The van der Waals surface area contributed by atoms with Crippen LogP contribution in [-0.2, 0) is 6.61 Å². The highest BCUT2D eigenvalue weighted by Gasteiger charge is 2.02. The van der Waals surface area contributed by atoms with Crippen LogP contribution >= 0.6 is 0 Å². The SMILES string of the molecule is Nc1nnccc1OCc1ccc(-n2ccnc2)cc1. The summed E-state index contributed by atoms with van der Waals surface area (Å²) in [6, 6.07) is 9.71. The molecule has 0 fully saturated rings. The van der Waals surface area contributed by atoms with Crippen LogP contribution in [0.2, 0.25) is 0 Å². The van der Waals surface area contributed by atoms with Crippen LogP contribution in [0.3, 0.4) is 0 Å². The fourth-order valence-electron chi connectivity index (χ4n) is 1.79. The molecule has 20 heavy (non-hydrogen) atoms. The van der Waals surface area contributed by atoms with Crippen molar-refractivity contribution >= 4 is 5.82 Å². The third-order valence-electron chi connectivity index (χ3n) is 2.84. The Kier molecular flexibility index (Phi) is 3.28. The van der Waals surface area contributed by atoms with Gasteiger partial charge in [0, 0.05) is 24.1 Å². The van der Waals surface area contributed by atoms with Crippen molar-refractivity contribution in [2.45, 2.75) is 6.61 Å². The van der Waals surface area contributed by atoms with Crippen molar-refractivity contribution in [1.29, 1.82) is 0 Å². The molecule has 0 unspecified atom stereocenters. The third-order valence-corrected chi connectivity index (χ3v) is 2.84. The summed E-state index contributed by atoms with van der Waals surface area (Å²) < 4.78 is 7.55. The van der Waals surface area contributed by atoms with E-state index in [0.29, 0.717) is 18.2 Å². The molecule has 3 rings (SSSR count). The monoisotopic (exact) mass is 267 g/mol. The number of benzene rings is 1. The lowest BCUT2D eigenvalue weighted by atomic mass is 10.2. The molecule has 0 spiro atoms. The van der Waals surface area contributed by atoms with Crippen LogP contribution in [-0.4, -0.2) is 19.7 Å². The molecule has 0 aliphatic heterocycles. The first-order chi connectivity index (χ1) is 9.83. The molecule has 0 amide bonds. The second kappa shape index (κ2) is 5.40. The van der Waals surface area contributed by atoms with Crippen LogP contribution < -0.4 is 10.5 Å². The number of hydrogen-bond acceptors (Lipinski definition) is 5. The van der Waals surface area contributed by atoms with Gasteiger partial charge in [0.05, 0.1) is 12.5 Å². The number of nitrogen functional groups attached to an aromatic ring is 1.